The van der Waals surface area contributed by atoms with E-state index in [1.807, 2.05) is 25.4 Å². The second kappa shape index (κ2) is 6.93. The second-order valence-electron chi connectivity index (χ2n) is 3.87. The van der Waals surface area contributed by atoms with Gasteiger partial charge in [-0.05, 0) is 29.3 Å². The lowest BCUT2D eigenvalue weighted by atomic mass is 10.3. The van der Waals surface area contributed by atoms with Crippen LogP contribution in [0.4, 0.5) is 0 Å². The Morgan fingerprint density at radius 3 is 3.00 bits per heavy atom. The van der Waals surface area contributed by atoms with E-state index in [4.69, 9.17) is 5.73 Å². The topological polar surface area (TPSA) is 46.3 Å². The van der Waals surface area contributed by atoms with Gasteiger partial charge in [0.1, 0.15) is 0 Å². The monoisotopic (exact) mass is 258 g/mol. The maximum Gasteiger partial charge on any atom is 0.232 e. The number of hydrogen-bond donors (Lipinski definition) is 1. The van der Waals surface area contributed by atoms with Crippen molar-refractivity contribution in [1.29, 1.82) is 0 Å². The second-order valence-corrected chi connectivity index (χ2v) is 5.68. The fourth-order valence-electron chi connectivity index (χ4n) is 1.19. The molecule has 0 radical (unpaired) electrons. The molecule has 0 saturated heterocycles. The molecule has 1 rings (SSSR count). The molecule has 0 aliphatic carbocycles. The summed E-state index contributed by atoms with van der Waals surface area (Å²) in [5, 5.41) is 4.09. The van der Waals surface area contributed by atoms with Crippen LogP contribution in [0.3, 0.4) is 0 Å². The summed E-state index contributed by atoms with van der Waals surface area (Å²) in [5.74, 6) is 1.51. The highest BCUT2D eigenvalue weighted by Crippen LogP contribution is 2.10. The molecule has 0 spiro atoms. The van der Waals surface area contributed by atoms with Gasteiger partial charge in [-0.3, -0.25) is 4.79 Å². The molecular weight excluding hydrogens is 240 g/mol. The smallest absolute Gasteiger partial charge is 0.232 e. The molecule has 0 bridgehead atoms. The molecule has 1 aromatic rings. The van der Waals surface area contributed by atoms with Crippen molar-refractivity contribution in [3.63, 3.8) is 0 Å². The summed E-state index contributed by atoms with van der Waals surface area (Å²) in [4.78, 5) is 13.5. The van der Waals surface area contributed by atoms with Crippen LogP contribution in [0.15, 0.2) is 16.8 Å². The first-order chi connectivity index (χ1) is 7.59. The average Bonchev–Trinajstić information content (AvgIpc) is 2.69. The normalized spacial score (nSPS) is 12.4. The number of amides is 1. The predicted molar refractivity (Wildman–Crippen MR) is 71.8 cm³/mol. The van der Waals surface area contributed by atoms with Crippen molar-refractivity contribution >= 4 is 29.0 Å². The van der Waals surface area contributed by atoms with E-state index < -0.39 is 0 Å². The van der Waals surface area contributed by atoms with Gasteiger partial charge in [0.25, 0.3) is 0 Å². The van der Waals surface area contributed by atoms with Gasteiger partial charge >= 0.3 is 0 Å². The minimum Gasteiger partial charge on any atom is -0.341 e. The largest absolute Gasteiger partial charge is 0.341 e. The summed E-state index contributed by atoms with van der Waals surface area (Å²) >= 11 is 3.25. The molecule has 0 aliphatic rings. The molecule has 1 amide bonds. The molecule has 1 aromatic heterocycles. The van der Waals surface area contributed by atoms with Crippen LogP contribution in [-0.4, -0.2) is 35.4 Å². The zero-order valence-corrected chi connectivity index (χ0v) is 11.3. The molecule has 90 valence electrons. The SMILES string of the molecule is CC(N)CSCC(=O)N(C)Cc1ccsc1. The highest BCUT2D eigenvalue weighted by atomic mass is 32.2. The van der Waals surface area contributed by atoms with E-state index in [2.05, 4.69) is 5.38 Å². The molecular formula is C11H18N2OS2. The van der Waals surface area contributed by atoms with Crippen molar-refractivity contribution in [3.8, 4) is 0 Å². The first-order valence-corrected chi connectivity index (χ1v) is 7.27. The molecule has 5 heteroatoms. The molecule has 3 nitrogen and oxygen atoms in total. The molecule has 0 aliphatic heterocycles. The fraction of sp³-hybridized carbons (Fsp3) is 0.545. The van der Waals surface area contributed by atoms with Gasteiger partial charge in [-0.2, -0.15) is 23.1 Å². The Labute approximate surface area is 105 Å². The van der Waals surface area contributed by atoms with Gasteiger partial charge in [-0.25, -0.2) is 0 Å². The van der Waals surface area contributed by atoms with E-state index in [0.29, 0.717) is 12.3 Å². The number of carbonyl (C=O) groups excluding carboxylic acids is 1. The van der Waals surface area contributed by atoms with Gasteiger partial charge in [0.15, 0.2) is 0 Å². The zero-order valence-electron chi connectivity index (χ0n) is 9.68. The van der Waals surface area contributed by atoms with Crippen LogP contribution in [0.1, 0.15) is 12.5 Å². The third-order valence-corrected chi connectivity index (χ3v) is 3.98. The number of nitrogens with zero attached hydrogens (tertiary/aromatic N) is 1. The lowest BCUT2D eigenvalue weighted by Gasteiger charge is -2.16. The maximum absolute atomic E-state index is 11.7. The number of thioether (sulfide) groups is 1. The van der Waals surface area contributed by atoms with Gasteiger partial charge < -0.3 is 10.6 Å². The number of hydrogen-bond acceptors (Lipinski definition) is 4. The molecule has 1 atom stereocenters. The van der Waals surface area contributed by atoms with Crippen LogP contribution in [0.25, 0.3) is 0 Å². The molecule has 0 aromatic carbocycles. The van der Waals surface area contributed by atoms with Crippen molar-refractivity contribution in [1.82, 2.24) is 4.90 Å². The first kappa shape index (κ1) is 13.5. The summed E-state index contributed by atoms with van der Waals surface area (Å²) in [6.45, 7) is 2.65. The van der Waals surface area contributed by atoms with Crippen LogP contribution in [0, 0.1) is 0 Å². The molecule has 2 N–H and O–H groups in total. The zero-order chi connectivity index (χ0) is 12.0. The number of nitrogens with two attached hydrogens (primary N) is 1. The molecule has 0 saturated carbocycles. The molecule has 1 unspecified atom stereocenters. The summed E-state index contributed by atoms with van der Waals surface area (Å²) in [7, 11) is 1.84. The van der Waals surface area contributed by atoms with Crippen molar-refractivity contribution in [3.05, 3.63) is 22.4 Å². The Morgan fingerprint density at radius 1 is 1.69 bits per heavy atom. The predicted octanol–water partition coefficient (Wildman–Crippen LogP) is 1.79. The maximum atomic E-state index is 11.7. The Bertz CT molecular complexity index is 312. The lowest BCUT2D eigenvalue weighted by molar-refractivity contribution is -0.127. The van der Waals surface area contributed by atoms with Crippen molar-refractivity contribution < 1.29 is 4.79 Å². The summed E-state index contributed by atoms with van der Waals surface area (Å²) in [5.41, 5.74) is 6.81. The quantitative estimate of drug-likeness (QED) is 0.846. The summed E-state index contributed by atoms with van der Waals surface area (Å²) in [6.07, 6.45) is 0. The number of rotatable bonds is 6. The molecule has 1 heterocycles. The fourth-order valence-corrected chi connectivity index (χ4v) is 2.73. The van der Waals surface area contributed by atoms with Crippen LogP contribution in [-0.2, 0) is 11.3 Å². The minimum absolute atomic E-state index is 0.153. The third-order valence-electron chi connectivity index (χ3n) is 2.03. The van der Waals surface area contributed by atoms with Gasteiger partial charge in [-0.1, -0.05) is 0 Å². The van der Waals surface area contributed by atoms with E-state index in [0.717, 1.165) is 5.75 Å². The van der Waals surface area contributed by atoms with Crippen LogP contribution in [0.2, 0.25) is 0 Å². The molecule has 16 heavy (non-hydrogen) atoms. The minimum atomic E-state index is 0.153. The van der Waals surface area contributed by atoms with Crippen molar-refractivity contribution in [2.75, 3.05) is 18.6 Å². The summed E-state index contributed by atoms with van der Waals surface area (Å²) in [6, 6.07) is 2.20. The Balaban J connectivity index is 2.25. The number of thiophene rings is 1. The van der Waals surface area contributed by atoms with E-state index in [1.165, 1.54) is 5.56 Å². The van der Waals surface area contributed by atoms with Crippen LogP contribution >= 0.6 is 23.1 Å². The van der Waals surface area contributed by atoms with Crippen molar-refractivity contribution in [2.24, 2.45) is 5.73 Å². The van der Waals surface area contributed by atoms with E-state index in [1.54, 1.807) is 28.0 Å². The van der Waals surface area contributed by atoms with Gasteiger partial charge in [0.2, 0.25) is 5.91 Å². The molecule has 0 fully saturated rings. The Morgan fingerprint density at radius 2 is 2.44 bits per heavy atom. The Hall–Kier alpha value is -0.520. The van der Waals surface area contributed by atoms with E-state index >= 15 is 0 Å². The van der Waals surface area contributed by atoms with Gasteiger partial charge in [-0.15, -0.1) is 0 Å². The van der Waals surface area contributed by atoms with Crippen LogP contribution in [0.5, 0.6) is 0 Å². The first-order valence-electron chi connectivity index (χ1n) is 5.18. The van der Waals surface area contributed by atoms with E-state index in [9.17, 15) is 4.79 Å². The average molecular weight is 258 g/mol. The lowest BCUT2D eigenvalue weighted by Crippen LogP contribution is -2.28. The highest BCUT2D eigenvalue weighted by Gasteiger charge is 2.09. The van der Waals surface area contributed by atoms with Gasteiger partial charge in [0, 0.05) is 25.4 Å². The number of carbonyl (C=O) groups is 1. The van der Waals surface area contributed by atoms with E-state index in [-0.39, 0.29) is 11.9 Å². The summed E-state index contributed by atoms with van der Waals surface area (Å²) < 4.78 is 0. The third kappa shape index (κ3) is 5.01. The standard InChI is InChI=1S/C11H18N2OS2/c1-9(12)6-16-8-11(14)13(2)5-10-3-4-15-7-10/h3-4,7,9H,5-6,8,12H2,1-2H3. The van der Waals surface area contributed by atoms with Gasteiger partial charge in [0.05, 0.1) is 5.75 Å². The van der Waals surface area contributed by atoms with Crippen LogP contribution < -0.4 is 5.73 Å². The van der Waals surface area contributed by atoms with Crippen molar-refractivity contribution in [2.45, 2.75) is 19.5 Å². The highest BCUT2D eigenvalue weighted by molar-refractivity contribution is 7.99. The Kier molecular flexibility index (Phi) is 5.87.